The molecule has 0 radical (unpaired) electrons. The Morgan fingerprint density at radius 2 is 0.795 bits per heavy atom. The predicted octanol–water partition coefficient (Wildman–Crippen LogP) is 10.6. The number of alkyl halides is 4. The van der Waals surface area contributed by atoms with Gasteiger partial charge in [0.15, 0.2) is 0 Å². The minimum absolute atomic E-state index is 0.0134. The second kappa shape index (κ2) is 14.9. The van der Waals surface area contributed by atoms with Gasteiger partial charge in [0.1, 0.15) is 11.5 Å². The van der Waals surface area contributed by atoms with Crippen LogP contribution in [-0.2, 0) is 25.1 Å². The molecule has 0 atom stereocenters. The van der Waals surface area contributed by atoms with E-state index < -0.39 is 23.3 Å². The summed E-state index contributed by atoms with van der Waals surface area (Å²) >= 11 is 0. The number of hydrogen-bond acceptors (Lipinski definition) is 2. The minimum Gasteiger partial charge on any atom is -0.429 e. The molecule has 0 unspecified atom stereocenters. The molecule has 0 aliphatic rings. The van der Waals surface area contributed by atoms with Gasteiger partial charge in [0, 0.05) is 0 Å². The molecule has 0 spiro atoms. The van der Waals surface area contributed by atoms with Crippen LogP contribution in [0.1, 0.15) is 93.9 Å². The summed E-state index contributed by atoms with van der Waals surface area (Å²) in [5.74, 6) is 0.0285. The first-order chi connectivity index (χ1) is 18.7. The highest BCUT2D eigenvalue weighted by Crippen LogP contribution is 2.36. The number of ether oxygens (including phenoxy) is 2. The summed E-state index contributed by atoms with van der Waals surface area (Å²) in [5, 5.41) is 0. The second-order valence-electron chi connectivity index (χ2n) is 10.1. The van der Waals surface area contributed by atoms with Crippen molar-refractivity contribution in [3.05, 3.63) is 95.1 Å². The summed E-state index contributed by atoms with van der Waals surface area (Å²) in [7, 11) is 0. The van der Waals surface area contributed by atoms with Gasteiger partial charge in [-0.3, -0.25) is 0 Å². The molecule has 212 valence electrons. The van der Waals surface area contributed by atoms with Crippen molar-refractivity contribution in [3.8, 4) is 11.5 Å². The summed E-state index contributed by atoms with van der Waals surface area (Å²) in [6.45, 7) is 4.32. The average molecular weight is 545 g/mol. The molecule has 0 aliphatic heterocycles. The maximum Gasteiger partial charge on any atom is 0.426 e. The molecule has 3 aromatic carbocycles. The number of aryl methyl sites for hydroxylation is 2. The molecule has 0 saturated heterocycles. The highest BCUT2D eigenvalue weighted by atomic mass is 19.3. The first-order valence-electron chi connectivity index (χ1n) is 14.2. The summed E-state index contributed by atoms with van der Waals surface area (Å²) in [4.78, 5) is 0. The van der Waals surface area contributed by atoms with Gasteiger partial charge in [0.2, 0.25) is 0 Å². The van der Waals surface area contributed by atoms with E-state index in [2.05, 4.69) is 13.8 Å². The predicted molar refractivity (Wildman–Crippen MR) is 149 cm³/mol. The molecule has 0 saturated carbocycles. The van der Waals surface area contributed by atoms with E-state index in [-0.39, 0.29) is 11.5 Å². The van der Waals surface area contributed by atoms with Crippen molar-refractivity contribution in [1.29, 1.82) is 0 Å². The number of rotatable bonds is 17. The van der Waals surface area contributed by atoms with Gasteiger partial charge in [0.05, 0.1) is 11.1 Å². The van der Waals surface area contributed by atoms with Gasteiger partial charge in [-0.1, -0.05) is 83.1 Å². The van der Waals surface area contributed by atoms with E-state index in [1.54, 1.807) is 24.3 Å². The highest BCUT2D eigenvalue weighted by Gasteiger charge is 2.38. The summed E-state index contributed by atoms with van der Waals surface area (Å²) in [5.41, 5.74) is 1.09. The van der Waals surface area contributed by atoms with Crippen molar-refractivity contribution in [2.24, 2.45) is 0 Å². The molecule has 39 heavy (non-hydrogen) atoms. The van der Waals surface area contributed by atoms with Crippen LogP contribution in [0.3, 0.4) is 0 Å². The van der Waals surface area contributed by atoms with Gasteiger partial charge in [-0.05, 0) is 85.3 Å². The van der Waals surface area contributed by atoms with Crippen LogP contribution >= 0.6 is 0 Å². The van der Waals surface area contributed by atoms with E-state index in [0.29, 0.717) is 0 Å². The molecule has 3 rings (SSSR count). The molecular formula is C33H40F4O2. The van der Waals surface area contributed by atoms with Gasteiger partial charge < -0.3 is 9.47 Å². The van der Waals surface area contributed by atoms with Crippen molar-refractivity contribution in [3.63, 3.8) is 0 Å². The smallest absolute Gasteiger partial charge is 0.426 e. The maximum absolute atomic E-state index is 14.8. The third kappa shape index (κ3) is 9.90. The summed E-state index contributed by atoms with van der Waals surface area (Å²) in [6.07, 6.45) is 4.76. The number of halogens is 4. The minimum atomic E-state index is -3.68. The number of benzene rings is 3. The Kier molecular flexibility index (Phi) is 11.7. The van der Waals surface area contributed by atoms with Crippen LogP contribution in [0.4, 0.5) is 17.6 Å². The SMILES string of the molecule is CCCCCCCc1ccc(OC(F)(F)c2ccc(C(F)(F)Oc3ccc(CCCCCC)cc3)cc2)cc1. The average Bonchev–Trinajstić information content (AvgIpc) is 2.92. The number of hydrogen-bond donors (Lipinski definition) is 0. The fourth-order valence-electron chi connectivity index (χ4n) is 4.41. The van der Waals surface area contributed by atoms with E-state index in [9.17, 15) is 17.6 Å². The van der Waals surface area contributed by atoms with Gasteiger partial charge in [-0.15, -0.1) is 0 Å². The molecule has 3 aromatic rings. The van der Waals surface area contributed by atoms with Crippen molar-refractivity contribution in [2.45, 2.75) is 96.7 Å². The molecule has 0 fully saturated rings. The summed E-state index contributed by atoms with van der Waals surface area (Å²) < 4.78 is 68.9. The third-order valence-electron chi connectivity index (χ3n) is 6.78. The van der Waals surface area contributed by atoms with Crippen LogP contribution in [0.25, 0.3) is 0 Å². The van der Waals surface area contributed by atoms with Crippen LogP contribution in [0, 0.1) is 0 Å². The maximum atomic E-state index is 14.8. The normalized spacial score (nSPS) is 11.9. The first-order valence-corrected chi connectivity index (χ1v) is 14.2. The van der Waals surface area contributed by atoms with Gasteiger partial charge in [-0.2, -0.15) is 17.6 Å². The molecule has 0 amide bonds. The van der Waals surface area contributed by atoms with Crippen molar-refractivity contribution in [2.75, 3.05) is 0 Å². The Balaban J connectivity index is 1.55. The molecule has 0 N–H and O–H groups in total. The molecule has 2 nitrogen and oxygen atoms in total. The highest BCUT2D eigenvalue weighted by molar-refractivity contribution is 5.32. The lowest BCUT2D eigenvalue weighted by molar-refractivity contribution is -0.188. The van der Waals surface area contributed by atoms with Crippen molar-refractivity contribution in [1.82, 2.24) is 0 Å². The first kappa shape index (κ1) is 30.5. The Labute approximate surface area is 230 Å². The van der Waals surface area contributed by atoms with E-state index >= 15 is 0 Å². The van der Waals surface area contributed by atoms with Gasteiger partial charge in [-0.25, -0.2) is 0 Å². The monoisotopic (exact) mass is 544 g/mol. The number of unbranched alkanes of at least 4 members (excludes halogenated alkanes) is 7. The lowest BCUT2D eigenvalue weighted by Crippen LogP contribution is -2.24. The zero-order chi connectivity index (χ0) is 28.1. The van der Waals surface area contributed by atoms with Crippen molar-refractivity contribution >= 4 is 0 Å². The van der Waals surface area contributed by atoms with Crippen LogP contribution in [-0.4, -0.2) is 0 Å². The van der Waals surface area contributed by atoms with E-state index in [0.717, 1.165) is 80.3 Å². The molecule has 0 aromatic heterocycles. The zero-order valence-corrected chi connectivity index (χ0v) is 23.0. The molecule has 0 aliphatic carbocycles. The van der Waals surface area contributed by atoms with E-state index in [1.165, 1.54) is 49.9 Å². The molecule has 0 heterocycles. The lowest BCUT2D eigenvalue weighted by Gasteiger charge is -2.21. The van der Waals surface area contributed by atoms with Crippen LogP contribution in [0.15, 0.2) is 72.8 Å². The standard InChI is InChI=1S/C33H40F4O2/c1-3-5-7-9-11-13-27-16-24-31(25-17-27)39-33(36,37)29-20-18-28(19-21-29)32(34,35)38-30-22-14-26(15-23-30)12-10-8-6-4-2/h14-25H,3-13H2,1-2H3. The van der Waals surface area contributed by atoms with Gasteiger partial charge >= 0.3 is 12.2 Å². The zero-order valence-electron chi connectivity index (χ0n) is 23.0. The fourth-order valence-corrected chi connectivity index (χ4v) is 4.41. The quantitative estimate of drug-likeness (QED) is 0.124. The Morgan fingerprint density at radius 1 is 0.462 bits per heavy atom. The summed E-state index contributed by atoms with van der Waals surface area (Å²) in [6, 6.07) is 16.9. The van der Waals surface area contributed by atoms with E-state index in [4.69, 9.17) is 9.47 Å². The molecule has 6 heteroatoms. The second-order valence-corrected chi connectivity index (χ2v) is 10.1. The van der Waals surface area contributed by atoms with Crippen LogP contribution < -0.4 is 9.47 Å². The molecule has 0 bridgehead atoms. The Bertz CT molecular complexity index is 1090. The van der Waals surface area contributed by atoms with E-state index in [1.807, 2.05) is 0 Å². The van der Waals surface area contributed by atoms with Gasteiger partial charge in [0.25, 0.3) is 0 Å². The van der Waals surface area contributed by atoms with Crippen LogP contribution in [0.2, 0.25) is 0 Å². The van der Waals surface area contributed by atoms with Crippen molar-refractivity contribution < 1.29 is 27.0 Å². The van der Waals surface area contributed by atoms with Crippen LogP contribution in [0.5, 0.6) is 11.5 Å². The largest absolute Gasteiger partial charge is 0.429 e. The lowest BCUT2D eigenvalue weighted by atomic mass is 10.1. The Morgan fingerprint density at radius 3 is 1.15 bits per heavy atom. The topological polar surface area (TPSA) is 18.5 Å². The third-order valence-corrected chi connectivity index (χ3v) is 6.78. The Hall–Kier alpha value is -3.02. The molecular weight excluding hydrogens is 504 g/mol. The fraction of sp³-hybridized carbons (Fsp3) is 0.455.